The lowest BCUT2D eigenvalue weighted by atomic mass is 10.4. The lowest BCUT2D eigenvalue weighted by Gasteiger charge is -2.26. The third-order valence-corrected chi connectivity index (χ3v) is 3.94. The fourth-order valence-electron chi connectivity index (χ4n) is 2.44. The lowest BCUT2D eigenvalue weighted by Crippen LogP contribution is -2.38. The highest BCUT2D eigenvalue weighted by Gasteiger charge is 2.14. The van der Waals surface area contributed by atoms with Gasteiger partial charge in [-0.2, -0.15) is 0 Å². The molecule has 3 rings (SSSR count). The number of alkyl halides is 1. The summed E-state index contributed by atoms with van der Waals surface area (Å²) in [6.45, 7) is 5.34. The molecule has 0 radical (unpaired) electrons. The van der Waals surface area contributed by atoms with Crippen LogP contribution in [-0.2, 0) is 17.2 Å². The molecule has 0 aromatic carbocycles. The Morgan fingerprint density at radius 2 is 2.05 bits per heavy atom. The smallest absolute Gasteiger partial charge is 0.160 e. The Balaban J connectivity index is 1.81. The number of hydrogen-bond acceptors (Lipinski definition) is 4. The number of hydrogen-bond donors (Lipinski definition) is 0. The zero-order valence-corrected chi connectivity index (χ0v) is 12.6. The van der Waals surface area contributed by atoms with E-state index in [4.69, 9.17) is 27.9 Å². The van der Waals surface area contributed by atoms with Crippen molar-refractivity contribution >= 4 is 34.4 Å². The van der Waals surface area contributed by atoms with Crippen molar-refractivity contribution < 1.29 is 4.74 Å². The van der Waals surface area contributed by atoms with E-state index in [9.17, 15) is 0 Å². The monoisotopic (exact) mass is 314 g/mol. The predicted molar refractivity (Wildman–Crippen MR) is 79.4 cm³/mol. The van der Waals surface area contributed by atoms with Gasteiger partial charge in [0.25, 0.3) is 0 Å². The highest BCUT2D eigenvalue weighted by molar-refractivity contribution is 6.31. The molecule has 5 nitrogen and oxygen atoms in total. The van der Waals surface area contributed by atoms with Gasteiger partial charge in [-0.25, -0.2) is 9.97 Å². The first-order chi connectivity index (χ1) is 9.78. The second kappa shape index (κ2) is 6.26. The number of ether oxygens (including phenoxy) is 1. The summed E-state index contributed by atoms with van der Waals surface area (Å²) in [4.78, 5) is 11.3. The van der Waals surface area contributed by atoms with Crippen molar-refractivity contribution in [2.24, 2.45) is 0 Å². The Morgan fingerprint density at radius 1 is 1.25 bits per heavy atom. The summed E-state index contributed by atoms with van der Waals surface area (Å²) in [7, 11) is 0. The molecule has 0 saturated carbocycles. The quantitative estimate of drug-likeness (QED) is 0.811. The molecule has 2 aromatic rings. The molecule has 7 heteroatoms. The molecular formula is C13H16Cl2N4O. The van der Waals surface area contributed by atoms with Crippen LogP contribution in [0.3, 0.4) is 0 Å². The third kappa shape index (κ3) is 2.91. The Labute approximate surface area is 127 Å². The molecule has 0 amide bonds. The number of morpholine rings is 1. The minimum atomic E-state index is 0.372. The number of nitrogens with zero attached hydrogens (tertiary/aromatic N) is 4. The average Bonchev–Trinajstić information content (AvgIpc) is 2.83. The number of imidazole rings is 1. The van der Waals surface area contributed by atoms with Gasteiger partial charge in [0.2, 0.25) is 0 Å². The van der Waals surface area contributed by atoms with Crippen LogP contribution in [0.25, 0.3) is 11.2 Å². The van der Waals surface area contributed by atoms with E-state index in [0.717, 1.165) is 56.4 Å². The van der Waals surface area contributed by atoms with Crippen molar-refractivity contribution in [1.82, 2.24) is 19.4 Å². The van der Waals surface area contributed by atoms with Crippen LogP contribution < -0.4 is 0 Å². The Bertz CT molecular complexity index is 595. The third-order valence-electron chi connectivity index (χ3n) is 3.49. The molecule has 0 atom stereocenters. The van der Waals surface area contributed by atoms with Gasteiger partial charge in [0.1, 0.15) is 11.3 Å². The number of pyridine rings is 1. The van der Waals surface area contributed by atoms with E-state index in [0.29, 0.717) is 10.9 Å². The van der Waals surface area contributed by atoms with E-state index in [-0.39, 0.29) is 0 Å². The molecule has 1 aliphatic rings. The fraction of sp³-hybridized carbons (Fsp3) is 0.538. The summed E-state index contributed by atoms with van der Waals surface area (Å²) in [5.41, 5.74) is 1.65. The van der Waals surface area contributed by atoms with Gasteiger partial charge in [0.05, 0.1) is 24.1 Å². The SMILES string of the molecule is ClCc1nc2cc(Cl)cnc2n1CCN1CCOCC1. The van der Waals surface area contributed by atoms with Crippen LogP contribution in [0.15, 0.2) is 12.3 Å². The van der Waals surface area contributed by atoms with Gasteiger partial charge < -0.3 is 9.30 Å². The molecular weight excluding hydrogens is 299 g/mol. The summed E-state index contributed by atoms with van der Waals surface area (Å²) < 4.78 is 7.43. The van der Waals surface area contributed by atoms with Crippen LogP contribution in [0.4, 0.5) is 0 Å². The standard InChI is InChI=1S/C13H16Cl2N4O/c14-8-12-17-11-7-10(15)9-16-13(11)19(12)2-1-18-3-5-20-6-4-18/h7,9H,1-6,8H2. The molecule has 108 valence electrons. The first kappa shape index (κ1) is 14.1. The van der Waals surface area contributed by atoms with E-state index in [1.165, 1.54) is 0 Å². The fourth-order valence-corrected chi connectivity index (χ4v) is 2.79. The zero-order valence-electron chi connectivity index (χ0n) is 11.1. The van der Waals surface area contributed by atoms with Crippen LogP contribution in [0.2, 0.25) is 5.02 Å². The number of fused-ring (bicyclic) bond motifs is 1. The van der Waals surface area contributed by atoms with E-state index >= 15 is 0 Å². The van der Waals surface area contributed by atoms with Gasteiger partial charge in [-0.05, 0) is 6.07 Å². The summed E-state index contributed by atoms with van der Waals surface area (Å²) in [5.74, 6) is 1.21. The first-order valence-corrected chi connectivity index (χ1v) is 7.56. The Hall–Kier alpha value is -0.880. The maximum Gasteiger partial charge on any atom is 0.160 e. The van der Waals surface area contributed by atoms with Crippen LogP contribution in [-0.4, -0.2) is 52.3 Å². The zero-order chi connectivity index (χ0) is 13.9. The van der Waals surface area contributed by atoms with Gasteiger partial charge in [0, 0.05) is 32.4 Å². The summed E-state index contributed by atoms with van der Waals surface area (Å²) in [6, 6.07) is 1.82. The maximum atomic E-state index is 5.99. The maximum absolute atomic E-state index is 5.99. The Kier molecular flexibility index (Phi) is 4.41. The average molecular weight is 315 g/mol. The van der Waals surface area contributed by atoms with E-state index < -0.39 is 0 Å². The van der Waals surface area contributed by atoms with Gasteiger partial charge >= 0.3 is 0 Å². The van der Waals surface area contributed by atoms with E-state index in [2.05, 4.69) is 19.4 Å². The second-order valence-corrected chi connectivity index (χ2v) is 5.47. The summed E-state index contributed by atoms with van der Waals surface area (Å²) in [5, 5.41) is 0.594. The van der Waals surface area contributed by atoms with Gasteiger partial charge in [-0.15, -0.1) is 11.6 Å². The van der Waals surface area contributed by atoms with Crippen molar-refractivity contribution in [3.8, 4) is 0 Å². The highest BCUT2D eigenvalue weighted by Crippen LogP contribution is 2.19. The topological polar surface area (TPSA) is 43.2 Å². The molecule has 2 aromatic heterocycles. The molecule has 0 bridgehead atoms. The number of aromatic nitrogens is 3. The minimum absolute atomic E-state index is 0.372. The van der Waals surface area contributed by atoms with Crippen molar-refractivity contribution in [1.29, 1.82) is 0 Å². The molecule has 0 aliphatic carbocycles. The molecule has 1 saturated heterocycles. The molecule has 1 fully saturated rings. The number of halogens is 2. The second-order valence-electron chi connectivity index (χ2n) is 4.76. The van der Waals surface area contributed by atoms with Gasteiger partial charge in [0.15, 0.2) is 5.65 Å². The van der Waals surface area contributed by atoms with Crippen LogP contribution in [0.1, 0.15) is 5.82 Å². The minimum Gasteiger partial charge on any atom is -0.379 e. The van der Waals surface area contributed by atoms with Crippen LogP contribution in [0.5, 0.6) is 0 Å². The molecule has 3 heterocycles. The van der Waals surface area contributed by atoms with Crippen molar-refractivity contribution in [2.45, 2.75) is 12.4 Å². The summed E-state index contributed by atoms with van der Waals surface area (Å²) >= 11 is 11.9. The number of rotatable bonds is 4. The normalized spacial score (nSPS) is 16.9. The molecule has 1 aliphatic heterocycles. The molecule has 20 heavy (non-hydrogen) atoms. The molecule has 0 spiro atoms. The van der Waals surface area contributed by atoms with Gasteiger partial charge in [-0.1, -0.05) is 11.6 Å². The predicted octanol–water partition coefficient (Wildman–Crippen LogP) is 2.16. The summed E-state index contributed by atoms with van der Waals surface area (Å²) in [6.07, 6.45) is 1.65. The van der Waals surface area contributed by atoms with Crippen LogP contribution >= 0.6 is 23.2 Å². The van der Waals surface area contributed by atoms with Crippen molar-refractivity contribution in [3.63, 3.8) is 0 Å². The Morgan fingerprint density at radius 3 is 2.80 bits per heavy atom. The van der Waals surface area contributed by atoms with Crippen molar-refractivity contribution in [2.75, 3.05) is 32.8 Å². The largest absolute Gasteiger partial charge is 0.379 e. The van der Waals surface area contributed by atoms with Crippen LogP contribution in [0, 0.1) is 0 Å². The van der Waals surface area contributed by atoms with E-state index in [1.807, 2.05) is 6.07 Å². The highest BCUT2D eigenvalue weighted by atomic mass is 35.5. The first-order valence-electron chi connectivity index (χ1n) is 6.64. The lowest BCUT2D eigenvalue weighted by molar-refractivity contribution is 0.0364. The molecule has 0 unspecified atom stereocenters. The van der Waals surface area contributed by atoms with E-state index in [1.54, 1.807) is 6.20 Å². The van der Waals surface area contributed by atoms with Crippen molar-refractivity contribution in [3.05, 3.63) is 23.1 Å². The molecule has 0 N–H and O–H groups in total. The van der Waals surface area contributed by atoms with Gasteiger partial charge in [-0.3, -0.25) is 4.90 Å².